The van der Waals surface area contributed by atoms with Crippen LogP contribution in [0.4, 0.5) is 61.0 Å². The van der Waals surface area contributed by atoms with Gasteiger partial charge in [0.25, 0.3) is 23.6 Å². The Kier molecular flexibility index (Phi) is 23.6. The molecule has 2 atom stereocenters. The molecule has 46 heteroatoms. The van der Waals surface area contributed by atoms with Gasteiger partial charge in [0.1, 0.15) is 29.4 Å². The number of piperidine rings is 2. The Morgan fingerprint density at radius 1 is 0.567 bits per heavy atom. The maximum absolute atomic E-state index is 14.9. The molecule has 38 nitrogen and oxygen atoms in total. The number of anilines is 6. The summed E-state index contributed by atoms with van der Waals surface area (Å²) in [5.41, 5.74) is 5.19. The molecule has 9 heterocycles. The van der Waals surface area contributed by atoms with E-state index < -0.39 is 167 Å². The molecule has 0 bridgehead atoms. The van der Waals surface area contributed by atoms with Gasteiger partial charge in [0.2, 0.25) is 47.3 Å². The van der Waals surface area contributed by atoms with Crippen LogP contribution in [0.2, 0.25) is 10.0 Å². The minimum atomic E-state index is -1.45. The highest BCUT2D eigenvalue weighted by Gasteiger charge is 2.48. The Hall–Kier alpha value is -15.3. The molecule has 15 rings (SSSR count). The highest BCUT2D eigenvalue weighted by Crippen LogP contribution is 2.36. The molecular weight excluding hydrogens is 1630 g/mol. The van der Waals surface area contributed by atoms with Crippen molar-refractivity contribution in [3.8, 4) is 12.3 Å². The first-order chi connectivity index (χ1) is 57.2. The third-order valence-corrected chi connectivity index (χ3v) is 19.4. The number of benzene rings is 6. The number of halogens is 8. The highest BCUT2D eigenvalue weighted by molar-refractivity contribution is 6.35. The number of aryl methyl sites for hydroxylation is 3. The van der Waals surface area contributed by atoms with Crippen molar-refractivity contribution in [3.05, 3.63) is 240 Å². The van der Waals surface area contributed by atoms with Gasteiger partial charge in [-0.25, -0.2) is 54.7 Å². The van der Waals surface area contributed by atoms with Crippen LogP contribution < -0.4 is 54.7 Å². The molecule has 2 unspecified atom stereocenters. The van der Waals surface area contributed by atoms with Crippen LogP contribution in [0.15, 0.2) is 128 Å². The third kappa shape index (κ3) is 17.2. The van der Waals surface area contributed by atoms with Gasteiger partial charge in [-0.05, 0) is 79.0 Å². The van der Waals surface area contributed by atoms with Gasteiger partial charge in [-0.15, -0.1) is 11.5 Å². The lowest BCUT2D eigenvalue weighted by Gasteiger charge is -2.27. The molecule has 612 valence electrons. The van der Waals surface area contributed by atoms with Gasteiger partial charge < -0.3 is 21.3 Å². The van der Waals surface area contributed by atoms with Gasteiger partial charge >= 0.3 is 22.8 Å². The molecule has 10 amide bonds. The van der Waals surface area contributed by atoms with Crippen LogP contribution in [0.1, 0.15) is 96.8 Å². The number of carbonyl (C=O) groups is 10. The fraction of sp³-hybridized carbons (Fsp3) is 0.216. The van der Waals surface area contributed by atoms with E-state index in [0.717, 1.165) is 18.9 Å². The summed E-state index contributed by atoms with van der Waals surface area (Å²) < 4.78 is 91.6. The zero-order valence-electron chi connectivity index (χ0n) is 61.8. The largest absolute Gasteiger partial charge is 0.355 e. The van der Waals surface area contributed by atoms with Crippen molar-refractivity contribution in [1.29, 1.82) is 0 Å². The van der Waals surface area contributed by atoms with Gasteiger partial charge in [0.05, 0.1) is 105 Å². The molecule has 4 aliphatic rings. The number of nitrogens with zero attached hydrogens (tertiary/aromatic N) is 18. The lowest BCUT2D eigenvalue weighted by atomic mass is 10.0. The maximum Gasteiger partial charge on any atom is 0.355 e. The first kappa shape index (κ1) is 82.7. The molecule has 5 aromatic heterocycles. The highest BCUT2D eigenvalue weighted by atomic mass is 35.5. The summed E-state index contributed by atoms with van der Waals surface area (Å²) in [4.78, 5) is 189. The molecule has 2 fully saturated rings. The van der Waals surface area contributed by atoms with Crippen LogP contribution in [0.25, 0.3) is 32.2 Å². The molecule has 120 heavy (non-hydrogen) atoms. The van der Waals surface area contributed by atoms with Crippen molar-refractivity contribution in [1.82, 2.24) is 83.2 Å². The van der Waals surface area contributed by atoms with Crippen molar-refractivity contribution >= 4 is 139 Å². The molecule has 0 radical (unpaired) electrons. The maximum atomic E-state index is 14.9. The number of terminal acetylenes is 1. The molecule has 0 aliphatic carbocycles. The van der Waals surface area contributed by atoms with E-state index >= 15 is 0 Å². The minimum Gasteiger partial charge on any atom is -0.325 e. The number of carbonyl (C=O) groups excluding carboxylic acids is 10. The van der Waals surface area contributed by atoms with Crippen LogP contribution in [-0.2, 0) is 75.6 Å². The van der Waals surface area contributed by atoms with Gasteiger partial charge in [-0.3, -0.25) is 91.6 Å². The van der Waals surface area contributed by atoms with E-state index in [1.165, 1.54) is 53.3 Å². The summed E-state index contributed by atoms with van der Waals surface area (Å²) in [6.07, 6.45) is 9.61. The fourth-order valence-corrected chi connectivity index (χ4v) is 13.5. The molecule has 0 saturated carbocycles. The third-order valence-electron chi connectivity index (χ3n) is 18.8. The number of fused-ring (bicyclic) bond motifs is 4. The first-order valence-corrected chi connectivity index (χ1v) is 36.1. The van der Waals surface area contributed by atoms with Crippen LogP contribution in [-0.4, -0.2) is 150 Å². The molecule has 2 saturated heterocycles. The Morgan fingerprint density at radius 2 is 1.02 bits per heavy atom. The summed E-state index contributed by atoms with van der Waals surface area (Å²) in [5, 5.41) is 36.3. The number of rotatable bonds is 21. The van der Waals surface area contributed by atoms with Gasteiger partial charge in [-0.1, -0.05) is 51.6 Å². The number of aromatic nitrogens is 13. The summed E-state index contributed by atoms with van der Waals surface area (Å²) in [5.74, 6) is -12.8. The smallest absolute Gasteiger partial charge is 0.325 e. The Morgan fingerprint density at radius 3 is 1.48 bits per heavy atom. The SMILES string of the molecule is C#CCn1c(=O)nc(Nc2cc3cn(C)nc3cc2Cl)n(Cc2cc(F)c(F)cc2F)c1=O.Cn1cc2cc(Nc3nc(=O)n(Cc4cn(CCC(=O)Nc5cccc6c5C(=O)N(C5CCC(=O)NC5=O)C6=O)nn4)c(=O)n3Cc3cc(F)c(F)cc3F)c(Cl)cc2n1.[N-]=[N+]=NCCC(=O)Nc1cccc2c1C(=O)N(C1CCC(=O)NC1=O)C2=O. The average molecular weight is 1690 g/mol. The molecule has 0 spiro atoms. The lowest BCUT2D eigenvalue weighted by Crippen LogP contribution is -2.54. The van der Waals surface area contributed by atoms with Gasteiger partial charge in [-0.2, -0.15) is 20.2 Å². The number of hydrogen-bond acceptors (Lipinski definition) is 23. The van der Waals surface area contributed by atoms with Crippen molar-refractivity contribution < 1.29 is 74.3 Å². The number of nitrogens with one attached hydrogen (secondary N) is 6. The Labute approximate surface area is 675 Å². The number of imide groups is 4. The summed E-state index contributed by atoms with van der Waals surface area (Å²) in [7, 11) is 3.42. The van der Waals surface area contributed by atoms with Gasteiger partial charge in [0, 0.05) is 97.7 Å². The van der Waals surface area contributed by atoms with Crippen LogP contribution >= 0.6 is 23.2 Å². The fourth-order valence-electron chi connectivity index (χ4n) is 13.1. The molecule has 6 aromatic carbocycles. The number of amides is 10. The van der Waals surface area contributed by atoms with E-state index in [-0.39, 0.29) is 124 Å². The quantitative estimate of drug-likeness (QED) is 0.00950. The lowest BCUT2D eigenvalue weighted by molar-refractivity contribution is -0.137. The van der Waals surface area contributed by atoms with Crippen molar-refractivity contribution in [3.63, 3.8) is 0 Å². The van der Waals surface area contributed by atoms with E-state index in [2.05, 4.69) is 78.3 Å². The Balaban J connectivity index is 0.000000174. The topological polar surface area (TPSA) is 478 Å². The van der Waals surface area contributed by atoms with E-state index in [1.54, 1.807) is 54.1 Å². The first-order valence-electron chi connectivity index (χ1n) is 35.4. The summed E-state index contributed by atoms with van der Waals surface area (Å²) in [6, 6.07) is 14.5. The normalized spacial score (nSPS) is 14.8. The molecule has 11 aromatic rings. The monoisotopic (exact) mass is 1690 g/mol. The van der Waals surface area contributed by atoms with Crippen LogP contribution in [0, 0.1) is 47.2 Å². The second-order valence-corrected chi connectivity index (χ2v) is 27.6. The molecule has 6 N–H and O–H groups in total. The van der Waals surface area contributed by atoms with Crippen molar-refractivity contribution in [2.45, 2.75) is 83.3 Å². The van der Waals surface area contributed by atoms with E-state index in [9.17, 15) is 93.5 Å². The second kappa shape index (κ2) is 34.3. The predicted molar refractivity (Wildman–Crippen MR) is 409 cm³/mol. The van der Waals surface area contributed by atoms with Crippen LogP contribution in [0.3, 0.4) is 0 Å². The summed E-state index contributed by atoms with van der Waals surface area (Å²) in [6.45, 7) is -2.31. The van der Waals surface area contributed by atoms with Crippen LogP contribution in [0.5, 0.6) is 0 Å². The van der Waals surface area contributed by atoms with Gasteiger partial charge in [0.15, 0.2) is 23.3 Å². The number of hydrogen-bond donors (Lipinski definition) is 6. The standard InChI is InChI=1S/C37H28ClF3N12O7.C21H14ClF3N6O2.C16H14N6O5/c1-49-13-18-10-27(21(38)11-26(18)47-49)43-35-45-36(59)52(37(60)51(35)14-17-9-23(40)24(41)12-22(17)39)16-19-15-50(48-46-19)8-7-30(55)42-25-4-2-3-20-31(25)34(58)53(33(20)57)28-5-6-29(54)44-32(28)56;1-3-4-30-20(32)27-19(26-18-6-12-9-29(2)28-17(12)7-13(18)22)31(21(30)33)10-11-5-15(24)16(25)8-14(11)23;17-21-18-7-6-12(24)19-9-3-1-2-8-13(9)16(27)22(15(8)26)10-4-5-11(23)20-14(10)25/h2-4,9-13,15,28H,5-8,14,16H2,1H3,(H,42,55)(H,43,45,59)(H,44,54,56);1,5-9H,4,10H2,2H3,(H,26,27,32);1-3,10H,4-7H2,(H,19,24)(H,20,23,25). The molecule has 4 aliphatic heterocycles. The van der Waals surface area contributed by atoms with E-state index in [0.29, 0.717) is 55.2 Å². The summed E-state index contributed by atoms with van der Waals surface area (Å²) >= 11 is 12.8. The minimum absolute atomic E-state index is 0.00988. The Bertz CT molecular complexity index is 6600. The zero-order valence-corrected chi connectivity index (χ0v) is 63.3. The van der Waals surface area contributed by atoms with E-state index in [1.807, 2.05) is 0 Å². The molecular formula is C74H56Cl2F6N24O14. The number of azide groups is 1. The second-order valence-electron chi connectivity index (χ2n) is 26.8. The predicted octanol–water partition coefficient (Wildman–Crippen LogP) is 5.74. The zero-order chi connectivity index (χ0) is 86.0. The average Bonchev–Trinajstić information content (AvgIpc) is 1.61. The van der Waals surface area contributed by atoms with E-state index in [4.69, 9.17) is 35.2 Å². The van der Waals surface area contributed by atoms with Crippen molar-refractivity contribution in [2.75, 3.05) is 27.8 Å². The van der Waals surface area contributed by atoms with Crippen molar-refractivity contribution in [2.24, 2.45) is 19.2 Å².